The first-order valence-electron chi connectivity index (χ1n) is 7.35. The van der Waals surface area contributed by atoms with E-state index < -0.39 is 0 Å². The van der Waals surface area contributed by atoms with Gasteiger partial charge in [0.2, 0.25) is 0 Å². The van der Waals surface area contributed by atoms with Gasteiger partial charge in [-0.15, -0.1) is 0 Å². The SMILES string of the molecule is CC(N)Cc1cnc(C2CCc3ccccc3C2)nc1. The number of benzene rings is 1. The summed E-state index contributed by atoms with van der Waals surface area (Å²) in [6.45, 7) is 2.01. The summed E-state index contributed by atoms with van der Waals surface area (Å²) in [5, 5.41) is 0. The molecule has 0 saturated heterocycles. The van der Waals surface area contributed by atoms with Crippen molar-refractivity contribution in [1.82, 2.24) is 9.97 Å². The molecule has 3 heteroatoms. The van der Waals surface area contributed by atoms with Gasteiger partial charge in [0.15, 0.2) is 0 Å². The summed E-state index contributed by atoms with van der Waals surface area (Å²) in [5.74, 6) is 1.43. The van der Waals surface area contributed by atoms with Gasteiger partial charge in [0.05, 0.1) is 0 Å². The summed E-state index contributed by atoms with van der Waals surface area (Å²) in [7, 11) is 0. The Kier molecular flexibility index (Phi) is 3.79. The Balaban J connectivity index is 1.74. The molecule has 0 fully saturated rings. The number of aryl methyl sites for hydroxylation is 1. The molecule has 20 heavy (non-hydrogen) atoms. The van der Waals surface area contributed by atoms with Crippen LogP contribution in [0.4, 0.5) is 0 Å². The van der Waals surface area contributed by atoms with Crippen molar-refractivity contribution >= 4 is 0 Å². The summed E-state index contributed by atoms with van der Waals surface area (Å²) in [4.78, 5) is 9.12. The minimum Gasteiger partial charge on any atom is -0.328 e. The van der Waals surface area contributed by atoms with Crippen LogP contribution in [0.1, 0.15) is 41.8 Å². The largest absolute Gasteiger partial charge is 0.328 e. The first-order chi connectivity index (χ1) is 9.72. The van der Waals surface area contributed by atoms with Gasteiger partial charge in [-0.25, -0.2) is 9.97 Å². The van der Waals surface area contributed by atoms with Crippen LogP contribution in [0.3, 0.4) is 0 Å². The zero-order valence-electron chi connectivity index (χ0n) is 11.9. The molecule has 0 amide bonds. The maximum absolute atomic E-state index is 5.80. The summed E-state index contributed by atoms with van der Waals surface area (Å²) in [6, 6.07) is 8.86. The second-order valence-electron chi connectivity index (χ2n) is 5.84. The Hall–Kier alpha value is -1.74. The van der Waals surface area contributed by atoms with Crippen molar-refractivity contribution in [3.05, 3.63) is 59.2 Å². The number of hydrogen-bond donors (Lipinski definition) is 1. The molecular formula is C17H21N3. The summed E-state index contributed by atoms with van der Waals surface area (Å²) in [6.07, 6.45) is 8.05. The lowest BCUT2D eigenvalue weighted by Gasteiger charge is -2.23. The van der Waals surface area contributed by atoms with Crippen LogP contribution in [0.25, 0.3) is 0 Å². The van der Waals surface area contributed by atoms with Crippen molar-refractivity contribution in [3.8, 4) is 0 Å². The fourth-order valence-corrected chi connectivity index (χ4v) is 2.97. The summed E-state index contributed by atoms with van der Waals surface area (Å²) < 4.78 is 0. The van der Waals surface area contributed by atoms with E-state index in [0.717, 1.165) is 37.1 Å². The Labute approximate surface area is 120 Å². The van der Waals surface area contributed by atoms with Crippen molar-refractivity contribution in [2.75, 3.05) is 0 Å². The number of aromatic nitrogens is 2. The lowest BCUT2D eigenvalue weighted by atomic mass is 9.83. The van der Waals surface area contributed by atoms with Gasteiger partial charge < -0.3 is 5.73 Å². The Morgan fingerprint density at radius 3 is 2.60 bits per heavy atom. The number of fused-ring (bicyclic) bond motifs is 1. The van der Waals surface area contributed by atoms with E-state index in [9.17, 15) is 0 Å². The molecule has 3 rings (SSSR count). The van der Waals surface area contributed by atoms with Crippen LogP contribution in [0.5, 0.6) is 0 Å². The molecule has 1 aromatic heterocycles. The maximum atomic E-state index is 5.80. The van der Waals surface area contributed by atoms with E-state index in [4.69, 9.17) is 5.73 Å². The van der Waals surface area contributed by atoms with Gasteiger partial charge in [-0.05, 0) is 49.3 Å². The van der Waals surface area contributed by atoms with E-state index in [0.29, 0.717) is 5.92 Å². The van der Waals surface area contributed by atoms with Crippen molar-refractivity contribution in [3.63, 3.8) is 0 Å². The highest BCUT2D eigenvalue weighted by Gasteiger charge is 2.21. The molecule has 1 heterocycles. The highest BCUT2D eigenvalue weighted by atomic mass is 14.9. The van der Waals surface area contributed by atoms with Gasteiger partial charge in [-0.3, -0.25) is 0 Å². The fraction of sp³-hybridized carbons (Fsp3) is 0.412. The lowest BCUT2D eigenvalue weighted by Crippen LogP contribution is -2.19. The molecule has 0 aliphatic heterocycles. The Morgan fingerprint density at radius 1 is 1.20 bits per heavy atom. The fourth-order valence-electron chi connectivity index (χ4n) is 2.97. The zero-order chi connectivity index (χ0) is 13.9. The lowest BCUT2D eigenvalue weighted by molar-refractivity contribution is 0.553. The third-order valence-electron chi connectivity index (χ3n) is 3.99. The van der Waals surface area contributed by atoms with Crippen LogP contribution in [-0.4, -0.2) is 16.0 Å². The molecule has 104 valence electrons. The van der Waals surface area contributed by atoms with Gasteiger partial charge in [-0.2, -0.15) is 0 Å². The molecule has 2 N–H and O–H groups in total. The smallest absolute Gasteiger partial charge is 0.131 e. The van der Waals surface area contributed by atoms with Crippen molar-refractivity contribution in [2.45, 2.75) is 44.6 Å². The average molecular weight is 267 g/mol. The summed E-state index contributed by atoms with van der Waals surface area (Å²) in [5.41, 5.74) is 9.86. The quantitative estimate of drug-likeness (QED) is 0.930. The van der Waals surface area contributed by atoms with Crippen LogP contribution >= 0.6 is 0 Å². The van der Waals surface area contributed by atoms with Crippen molar-refractivity contribution in [2.24, 2.45) is 5.73 Å². The Morgan fingerprint density at radius 2 is 1.90 bits per heavy atom. The van der Waals surface area contributed by atoms with Gasteiger partial charge in [0, 0.05) is 24.4 Å². The van der Waals surface area contributed by atoms with E-state index in [2.05, 4.69) is 34.2 Å². The topological polar surface area (TPSA) is 51.8 Å². The molecule has 0 radical (unpaired) electrons. The molecule has 0 bridgehead atoms. The second-order valence-corrected chi connectivity index (χ2v) is 5.84. The molecule has 1 aliphatic rings. The molecule has 2 unspecified atom stereocenters. The number of rotatable bonds is 3. The number of nitrogens with zero attached hydrogens (tertiary/aromatic N) is 2. The molecule has 2 atom stereocenters. The Bertz CT molecular complexity index is 575. The molecule has 3 nitrogen and oxygen atoms in total. The third-order valence-corrected chi connectivity index (χ3v) is 3.99. The van der Waals surface area contributed by atoms with Gasteiger partial charge in [0.1, 0.15) is 5.82 Å². The normalized spacial score (nSPS) is 19.4. The summed E-state index contributed by atoms with van der Waals surface area (Å²) >= 11 is 0. The van der Waals surface area contributed by atoms with Gasteiger partial charge in [0.25, 0.3) is 0 Å². The second kappa shape index (κ2) is 5.71. The predicted molar refractivity (Wildman–Crippen MR) is 80.6 cm³/mol. The molecule has 0 spiro atoms. The van der Waals surface area contributed by atoms with Crippen molar-refractivity contribution in [1.29, 1.82) is 0 Å². The van der Waals surface area contributed by atoms with Gasteiger partial charge in [-0.1, -0.05) is 24.3 Å². The van der Waals surface area contributed by atoms with E-state index in [1.165, 1.54) is 11.1 Å². The minimum absolute atomic E-state index is 0.158. The first kappa shape index (κ1) is 13.3. The van der Waals surface area contributed by atoms with Crippen LogP contribution in [0, 0.1) is 0 Å². The first-order valence-corrected chi connectivity index (χ1v) is 7.35. The zero-order valence-corrected chi connectivity index (χ0v) is 11.9. The molecule has 2 aromatic rings. The molecule has 1 aliphatic carbocycles. The monoisotopic (exact) mass is 267 g/mol. The van der Waals surface area contributed by atoms with Crippen LogP contribution in [-0.2, 0) is 19.3 Å². The van der Waals surface area contributed by atoms with Crippen LogP contribution < -0.4 is 5.73 Å². The highest BCUT2D eigenvalue weighted by molar-refractivity contribution is 5.31. The third kappa shape index (κ3) is 2.88. The molecule has 0 saturated carbocycles. The average Bonchev–Trinajstić information content (AvgIpc) is 2.47. The van der Waals surface area contributed by atoms with E-state index in [1.807, 2.05) is 19.3 Å². The minimum atomic E-state index is 0.158. The van der Waals surface area contributed by atoms with E-state index in [-0.39, 0.29) is 6.04 Å². The molecular weight excluding hydrogens is 246 g/mol. The number of hydrogen-bond acceptors (Lipinski definition) is 3. The van der Waals surface area contributed by atoms with Gasteiger partial charge >= 0.3 is 0 Å². The standard InChI is InChI=1S/C17H21N3/c1-12(18)8-13-10-19-17(20-11-13)16-7-6-14-4-2-3-5-15(14)9-16/h2-5,10-12,16H,6-9,18H2,1H3. The van der Waals surface area contributed by atoms with Crippen molar-refractivity contribution < 1.29 is 0 Å². The van der Waals surface area contributed by atoms with E-state index >= 15 is 0 Å². The molecule has 1 aromatic carbocycles. The van der Waals surface area contributed by atoms with Crippen LogP contribution in [0.15, 0.2) is 36.7 Å². The number of nitrogens with two attached hydrogens (primary N) is 1. The van der Waals surface area contributed by atoms with E-state index in [1.54, 1.807) is 0 Å². The predicted octanol–water partition coefficient (Wildman–Crippen LogP) is 2.64. The van der Waals surface area contributed by atoms with Crippen LogP contribution in [0.2, 0.25) is 0 Å². The highest BCUT2D eigenvalue weighted by Crippen LogP contribution is 2.30. The maximum Gasteiger partial charge on any atom is 0.131 e.